The molecule has 1 fully saturated rings. The zero-order chi connectivity index (χ0) is 13.3. The SMILES string of the molecule is N#Cc1c(F)cccc1N1CC(C(N)=O)CC1=O. The maximum Gasteiger partial charge on any atom is 0.227 e. The first kappa shape index (κ1) is 12.0. The quantitative estimate of drug-likeness (QED) is 0.827. The number of nitriles is 1. The molecule has 6 heteroatoms. The van der Waals surface area contributed by atoms with Gasteiger partial charge in [-0.2, -0.15) is 5.26 Å². The number of nitrogens with two attached hydrogens (primary N) is 1. The van der Waals surface area contributed by atoms with Gasteiger partial charge in [0, 0.05) is 13.0 Å². The Hall–Kier alpha value is -2.42. The molecule has 2 N–H and O–H groups in total. The predicted molar refractivity (Wildman–Crippen MR) is 60.8 cm³/mol. The van der Waals surface area contributed by atoms with Crippen molar-refractivity contribution in [1.82, 2.24) is 0 Å². The summed E-state index contributed by atoms with van der Waals surface area (Å²) in [5, 5.41) is 8.90. The zero-order valence-electron chi connectivity index (χ0n) is 9.39. The highest BCUT2D eigenvalue weighted by atomic mass is 19.1. The highest BCUT2D eigenvalue weighted by Crippen LogP contribution is 2.28. The number of hydrogen-bond donors (Lipinski definition) is 1. The minimum atomic E-state index is -0.690. The lowest BCUT2D eigenvalue weighted by atomic mass is 10.1. The molecular weight excluding hydrogens is 237 g/mol. The van der Waals surface area contributed by atoms with E-state index in [0.29, 0.717) is 0 Å². The number of anilines is 1. The molecule has 1 aromatic carbocycles. The first-order valence-electron chi connectivity index (χ1n) is 5.33. The lowest BCUT2D eigenvalue weighted by Gasteiger charge is -2.17. The summed E-state index contributed by atoms with van der Waals surface area (Å²) in [4.78, 5) is 24.0. The van der Waals surface area contributed by atoms with Crippen LogP contribution in [0.2, 0.25) is 0 Å². The smallest absolute Gasteiger partial charge is 0.227 e. The molecule has 1 saturated heterocycles. The van der Waals surface area contributed by atoms with Gasteiger partial charge in [0.2, 0.25) is 11.8 Å². The Labute approximate surface area is 103 Å². The van der Waals surface area contributed by atoms with Gasteiger partial charge in [-0.3, -0.25) is 9.59 Å². The van der Waals surface area contributed by atoms with Crippen molar-refractivity contribution >= 4 is 17.5 Å². The van der Waals surface area contributed by atoms with Crippen LogP contribution in [0.1, 0.15) is 12.0 Å². The third kappa shape index (κ3) is 1.91. The van der Waals surface area contributed by atoms with Crippen molar-refractivity contribution in [1.29, 1.82) is 5.26 Å². The molecule has 92 valence electrons. The molecule has 1 aliphatic heterocycles. The summed E-state index contributed by atoms with van der Waals surface area (Å²) in [6, 6.07) is 5.76. The van der Waals surface area contributed by atoms with E-state index in [4.69, 9.17) is 11.0 Å². The van der Waals surface area contributed by atoms with Gasteiger partial charge in [0.15, 0.2) is 0 Å². The molecule has 1 heterocycles. The van der Waals surface area contributed by atoms with Gasteiger partial charge >= 0.3 is 0 Å². The predicted octanol–water partition coefficient (Wildman–Crippen LogP) is 0.536. The van der Waals surface area contributed by atoms with Gasteiger partial charge in [0.25, 0.3) is 0 Å². The number of carbonyl (C=O) groups excluding carboxylic acids is 2. The number of hydrogen-bond acceptors (Lipinski definition) is 3. The minimum absolute atomic E-state index is 0.00326. The van der Waals surface area contributed by atoms with E-state index >= 15 is 0 Å². The number of rotatable bonds is 2. The summed E-state index contributed by atoms with van der Waals surface area (Å²) in [7, 11) is 0. The Kier molecular flexibility index (Phi) is 2.98. The van der Waals surface area contributed by atoms with E-state index in [-0.39, 0.29) is 30.1 Å². The molecule has 1 unspecified atom stereocenters. The van der Waals surface area contributed by atoms with Gasteiger partial charge in [0.05, 0.1) is 11.6 Å². The number of halogens is 1. The second-order valence-electron chi connectivity index (χ2n) is 4.05. The Balaban J connectivity index is 2.39. The molecule has 1 aliphatic rings. The first-order chi connectivity index (χ1) is 8.54. The Bertz CT molecular complexity index is 565. The number of nitrogens with zero attached hydrogens (tertiary/aromatic N) is 2. The van der Waals surface area contributed by atoms with Gasteiger partial charge in [-0.1, -0.05) is 6.07 Å². The molecule has 2 amide bonds. The van der Waals surface area contributed by atoms with E-state index in [1.54, 1.807) is 6.07 Å². The van der Waals surface area contributed by atoms with E-state index < -0.39 is 17.6 Å². The molecule has 2 rings (SSSR count). The Morgan fingerprint density at radius 1 is 1.56 bits per heavy atom. The van der Waals surface area contributed by atoms with E-state index in [2.05, 4.69) is 0 Å². The van der Waals surface area contributed by atoms with Gasteiger partial charge in [-0.05, 0) is 12.1 Å². The van der Waals surface area contributed by atoms with Crippen molar-refractivity contribution in [3.05, 3.63) is 29.6 Å². The van der Waals surface area contributed by atoms with Gasteiger partial charge < -0.3 is 10.6 Å². The zero-order valence-corrected chi connectivity index (χ0v) is 9.39. The van der Waals surface area contributed by atoms with E-state index in [1.165, 1.54) is 17.0 Å². The highest BCUT2D eigenvalue weighted by molar-refractivity contribution is 6.00. The fourth-order valence-electron chi connectivity index (χ4n) is 1.98. The normalized spacial score (nSPS) is 18.8. The second kappa shape index (κ2) is 4.45. The van der Waals surface area contributed by atoms with Crippen LogP contribution in [0.25, 0.3) is 0 Å². The molecule has 0 bridgehead atoms. The number of carbonyl (C=O) groups is 2. The fraction of sp³-hybridized carbons (Fsp3) is 0.250. The molecule has 0 radical (unpaired) electrons. The van der Waals surface area contributed by atoms with Crippen molar-refractivity contribution in [3.63, 3.8) is 0 Å². The van der Waals surface area contributed by atoms with Crippen LogP contribution in [0.3, 0.4) is 0 Å². The van der Waals surface area contributed by atoms with Crippen LogP contribution in [0.5, 0.6) is 0 Å². The molecule has 0 aromatic heterocycles. The molecular formula is C12H10FN3O2. The molecule has 5 nitrogen and oxygen atoms in total. The first-order valence-corrected chi connectivity index (χ1v) is 5.33. The van der Waals surface area contributed by atoms with Crippen LogP contribution in [0, 0.1) is 23.1 Å². The summed E-state index contributed by atoms with van der Waals surface area (Å²) in [5.41, 5.74) is 5.13. The van der Waals surface area contributed by atoms with Crippen LogP contribution in [0.4, 0.5) is 10.1 Å². The maximum atomic E-state index is 13.4. The average Bonchev–Trinajstić information content (AvgIpc) is 2.71. The summed E-state index contributed by atoms with van der Waals surface area (Å²) in [6.45, 7) is 0.0896. The molecule has 0 aliphatic carbocycles. The summed E-state index contributed by atoms with van der Waals surface area (Å²) < 4.78 is 13.4. The number of primary amides is 1. The van der Waals surface area contributed by atoms with Gasteiger partial charge in [-0.25, -0.2) is 4.39 Å². The van der Waals surface area contributed by atoms with Crippen molar-refractivity contribution in [3.8, 4) is 6.07 Å². The van der Waals surface area contributed by atoms with Crippen molar-refractivity contribution in [2.24, 2.45) is 11.7 Å². The molecule has 0 spiro atoms. The maximum absolute atomic E-state index is 13.4. The van der Waals surface area contributed by atoms with Crippen LogP contribution in [-0.4, -0.2) is 18.4 Å². The number of amides is 2. The molecule has 1 atom stereocenters. The molecule has 1 aromatic rings. The van der Waals surface area contributed by atoms with Crippen LogP contribution < -0.4 is 10.6 Å². The van der Waals surface area contributed by atoms with Gasteiger partial charge in [0.1, 0.15) is 17.4 Å². The molecule has 0 saturated carbocycles. The van der Waals surface area contributed by atoms with Crippen LogP contribution >= 0.6 is 0 Å². The van der Waals surface area contributed by atoms with E-state index in [1.807, 2.05) is 0 Å². The lowest BCUT2D eigenvalue weighted by molar-refractivity contribution is -0.123. The lowest BCUT2D eigenvalue weighted by Crippen LogP contribution is -2.29. The largest absolute Gasteiger partial charge is 0.369 e. The fourth-order valence-corrected chi connectivity index (χ4v) is 1.98. The van der Waals surface area contributed by atoms with Crippen molar-refractivity contribution in [2.75, 3.05) is 11.4 Å². The standard InChI is InChI=1S/C12H10FN3O2/c13-9-2-1-3-10(8(9)5-14)16-6-7(12(15)18)4-11(16)17/h1-3,7H,4,6H2,(H2,15,18). The highest BCUT2D eigenvalue weighted by Gasteiger charge is 2.35. The van der Waals surface area contributed by atoms with E-state index in [9.17, 15) is 14.0 Å². The Morgan fingerprint density at radius 3 is 2.83 bits per heavy atom. The third-order valence-corrected chi connectivity index (χ3v) is 2.92. The minimum Gasteiger partial charge on any atom is -0.369 e. The average molecular weight is 247 g/mol. The topological polar surface area (TPSA) is 87.2 Å². The van der Waals surface area contributed by atoms with Crippen molar-refractivity contribution < 1.29 is 14.0 Å². The van der Waals surface area contributed by atoms with Crippen LogP contribution in [0.15, 0.2) is 18.2 Å². The van der Waals surface area contributed by atoms with Crippen molar-refractivity contribution in [2.45, 2.75) is 6.42 Å². The summed E-state index contributed by atoms with van der Waals surface area (Å²) in [6.07, 6.45) is -0.00326. The second-order valence-corrected chi connectivity index (χ2v) is 4.05. The summed E-state index contributed by atoms with van der Waals surface area (Å²) >= 11 is 0. The molecule has 18 heavy (non-hydrogen) atoms. The Morgan fingerprint density at radius 2 is 2.28 bits per heavy atom. The summed E-state index contributed by atoms with van der Waals surface area (Å²) in [5.74, 6) is -2.18. The van der Waals surface area contributed by atoms with Crippen LogP contribution in [-0.2, 0) is 9.59 Å². The third-order valence-electron chi connectivity index (χ3n) is 2.92. The van der Waals surface area contributed by atoms with E-state index in [0.717, 1.165) is 6.07 Å². The monoisotopic (exact) mass is 247 g/mol. The van der Waals surface area contributed by atoms with Gasteiger partial charge in [-0.15, -0.1) is 0 Å². The number of benzene rings is 1.